The van der Waals surface area contributed by atoms with Crippen molar-refractivity contribution in [3.8, 4) is 0 Å². The molecule has 4 aromatic rings. The van der Waals surface area contributed by atoms with Gasteiger partial charge in [-0.1, -0.05) is 18.2 Å². The number of anilines is 1. The minimum absolute atomic E-state index is 0.200. The number of nitrogens with zero attached hydrogens (tertiary/aromatic N) is 3. The Hall–Kier alpha value is -3.95. The Bertz CT molecular complexity index is 1640. The summed E-state index contributed by atoms with van der Waals surface area (Å²) in [6.07, 6.45) is -3.16. The lowest BCUT2D eigenvalue weighted by Crippen LogP contribution is -2.58. The summed E-state index contributed by atoms with van der Waals surface area (Å²) < 4.78 is 78.3. The number of imide groups is 1. The summed E-state index contributed by atoms with van der Waals surface area (Å²) in [6, 6.07) is 11.0. The van der Waals surface area contributed by atoms with Crippen molar-refractivity contribution in [2.75, 3.05) is 4.90 Å². The summed E-state index contributed by atoms with van der Waals surface area (Å²) in [5, 5.41) is 2.39. The van der Waals surface area contributed by atoms with E-state index in [1.54, 1.807) is 29.6 Å². The van der Waals surface area contributed by atoms with Crippen molar-refractivity contribution in [3.63, 3.8) is 0 Å². The number of hydroxylamine groups is 3. The van der Waals surface area contributed by atoms with Crippen LogP contribution in [0.25, 0.3) is 10.1 Å². The summed E-state index contributed by atoms with van der Waals surface area (Å²) in [5.41, 5.74) is -4.03. The number of hydrogen-bond donors (Lipinski definition) is 0. The lowest BCUT2D eigenvalue weighted by Gasteiger charge is -2.31. The maximum atomic E-state index is 14.1. The summed E-state index contributed by atoms with van der Waals surface area (Å²) in [5.74, 6) is -3.67. The molecule has 1 saturated heterocycles. The van der Waals surface area contributed by atoms with Gasteiger partial charge in [0.15, 0.2) is 6.54 Å². The van der Waals surface area contributed by atoms with Gasteiger partial charge in [0, 0.05) is 34.0 Å². The smallest absolute Gasteiger partial charge is 0.267 e. The first-order valence-electron chi connectivity index (χ1n) is 12.1. The molecule has 2 aromatic heterocycles. The Morgan fingerprint density at radius 2 is 1.64 bits per heavy atom. The van der Waals surface area contributed by atoms with Crippen LogP contribution >= 0.6 is 23.1 Å². The first kappa shape index (κ1) is 29.5. The highest BCUT2D eigenvalue weighted by Gasteiger charge is 2.66. The van der Waals surface area contributed by atoms with Crippen molar-refractivity contribution in [3.05, 3.63) is 89.6 Å². The number of urea groups is 1. The molecular weight excluding hydrogens is 608 g/mol. The Morgan fingerprint density at radius 3 is 2.29 bits per heavy atom. The van der Waals surface area contributed by atoms with Crippen molar-refractivity contribution < 1.29 is 50.2 Å². The molecule has 1 aliphatic rings. The molecule has 3 heterocycles. The Kier molecular flexibility index (Phi) is 7.76. The number of halogens is 6. The van der Waals surface area contributed by atoms with E-state index in [2.05, 4.69) is 4.98 Å². The van der Waals surface area contributed by atoms with Crippen LogP contribution in [0.15, 0.2) is 83.3 Å². The molecule has 0 radical (unpaired) electrons. The van der Waals surface area contributed by atoms with Crippen LogP contribution in [0.2, 0.25) is 0 Å². The standard InChI is InChI=1S/C27H18F6N3O4S2/c28-26(29,30)24(38)40-36(14-16-9-11-34-12-10-16)21(13-17-15-41-22-4-2-1-3-20(17)22)23(37)35(25(36)39)18-5-7-19(8-6-18)42-27(31,32)33/h1-12,15,21H,13-14H2/q+1/t21-,36?/m1/s1. The fraction of sp³-hybridized carbons (Fsp3) is 0.185. The van der Waals surface area contributed by atoms with E-state index in [0.29, 0.717) is 15.8 Å². The van der Waals surface area contributed by atoms with Crippen LogP contribution in [-0.4, -0.2) is 45.3 Å². The predicted molar refractivity (Wildman–Crippen MR) is 141 cm³/mol. The quantitative estimate of drug-likeness (QED) is 0.0950. The monoisotopic (exact) mass is 626 g/mol. The molecule has 2 aromatic carbocycles. The lowest BCUT2D eigenvalue weighted by atomic mass is 10.0. The molecule has 0 aliphatic carbocycles. The molecule has 0 saturated carbocycles. The topological polar surface area (TPSA) is 76.6 Å². The second kappa shape index (κ2) is 11.0. The number of thiophene rings is 1. The number of carbonyl (C=O) groups excluding carboxylic acids is 3. The summed E-state index contributed by atoms with van der Waals surface area (Å²) in [6.45, 7) is -0.653. The van der Waals surface area contributed by atoms with Crippen molar-refractivity contribution in [2.45, 2.75) is 35.6 Å². The van der Waals surface area contributed by atoms with E-state index < -0.39 is 58.6 Å². The number of thioether (sulfide) groups is 1. The van der Waals surface area contributed by atoms with Gasteiger partial charge in [-0.15, -0.1) is 11.3 Å². The third kappa shape index (κ3) is 5.84. The second-order valence-electron chi connectivity index (χ2n) is 9.16. The van der Waals surface area contributed by atoms with Gasteiger partial charge in [0.1, 0.15) is 0 Å². The van der Waals surface area contributed by atoms with E-state index in [4.69, 9.17) is 4.84 Å². The fourth-order valence-electron chi connectivity index (χ4n) is 4.66. The highest BCUT2D eigenvalue weighted by Crippen LogP contribution is 2.41. The minimum atomic E-state index is -5.50. The van der Waals surface area contributed by atoms with Crippen LogP contribution in [0, 0.1) is 0 Å². The van der Waals surface area contributed by atoms with Crippen molar-refractivity contribution in [1.82, 2.24) is 4.98 Å². The van der Waals surface area contributed by atoms with E-state index >= 15 is 0 Å². The van der Waals surface area contributed by atoms with Crippen LogP contribution in [0.1, 0.15) is 11.1 Å². The largest absolute Gasteiger partial charge is 0.497 e. The minimum Gasteiger partial charge on any atom is -0.267 e. The maximum Gasteiger partial charge on any atom is 0.497 e. The second-order valence-corrected chi connectivity index (χ2v) is 11.2. The molecule has 0 N–H and O–H groups in total. The van der Waals surface area contributed by atoms with Gasteiger partial charge in [0.2, 0.25) is 6.04 Å². The van der Waals surface area contributed by atoms with Gasteiger partial charge in [-0.05, 0) is 75.2 Å². The molecule has 218 valence electrons. The van der Waals surface area contributed by atoms with E-state index in [9.17, 15) is 40.7 Å². The zero-order valence-corrected chi connectivity index (χ0v) is 22.7. The summed E-state index contributed by atoms with van der Waals surface area (Å²) in [4.78, 5) is 49.4. The molecule has 3 amide bonds. The van der Waals surface area contributed by atoms with Gasteiger partial charge in [-0.3, -0.25) is 14.6 Å². The van der Waals surface area contributed by atoms with Crippen molar-refractivity contribution in [1.29, 1.82) is 0 Å². The zero-order valence-electron chi connectivity index (χ0n) is 21.1. The number of hydrogen-bond acceptors (Lipinski definition) is 7. The Labute approximate surface area is 241 Å². The average molecular weight is 627 g/mol. The normalized spacial score (nSPS) is 19.5. The third-order valence-corrected chi connectivity index (χ3v) is 8.22. The molecule has 0 bridgehead atoms. The molecule has 1 aliphatic heterocycles. The molecule has 5 rings (SSSR count). The maximum absolute atomic E-state index is 14.1. The molecule has 2 atom stereocenters. The molecule has 42 heavy (non-hydrogen) atoms. The number of pyridine rings is 1. The number of aromatic nitrogens is 1. The van der Waals surface area contributed by atoms with Crippen LogP contribution in [0.3, 0.4) is 0 Å². The SMILES string of the molecule is O=C1[C@@H](Cc2csc3ccccc23)[N+](Cc2ccncc2)(OC(=O)C(F)(F)F)C(=O)N1c1ccc(SC(F)(F)F)cc1. The summed E-state index contributed by atoms with van der Waals surface area (Å²) in [7, 11) is 0. The fourth-order valence-corrected chi connectivity index (χ4v) is 6.18. The lowest BCUT2D eigenvalue weighted by molar-refractivity contribution is -1.04. The van der Waals surface area contributed by atoms with Gasteiger partial charge in [0.25, 0.3) is 0 Å². The van der Waals surface area contributed by atoms with Crippen LogP contribution in [-0.2, 0) is 27.4 Å². The molecule has 1 fully saturated rings. The molecule has 7 nitrogen and oxygen atoms in total. The van der Waals surface area contributed by atoms with Gasteiger partial charge in [0.05, 0.1) is 5.69 Å². The zero-order chi connectivity index (χ0) is 30.3. The molecule has 0 spiro atoms. The van der Waals surface area contributed by atoms with Crippen molar-refractivity contribution in [2.24, 2.45) is 0 Å². The number of rotatable bonds is 7. The van der Waals surface area contributed by atoms with Gasteiger partial charge < -0.3 is 0 Å². The van der Waals surface area contributed by atoms with Gasteiger partial charge >= 0.3 is 29.6 Å². The average Bonchev–Trinajstić information content (AvgIpc) is 3.41. The van der Waals surface area contributed by atoms with E-state index in [0.717, 1.165) is 29.0 Å². The first-order valence-corrected chi connectivity index (χ1v) is 13.7. The number of fused-ring (bicyclic) bond motifs is 1. The van der Waals surface area contributed by atoms with Gasteiger partial charge in [-0.25, -0.2) is 9.59 Å². The number of alkyl halides is 6. The predicted octanol–water partition coefficient (Wildman–Crippen LogP) is 7.02. The number of carbonyl (C=O) groups is 3. The highest BCUT2D eigenvalue weighted by molar-refractivity contribution is 8.00. The first-order chi connectivity index (χ1) is 19.8. The number of amides is 3. The van der Waals surface area contributed by atoms with Crippen molar-refractivity contribution >= 4 is 56.8 Å². The molecular formula is C27H18F6N3O4S2+. The third-order valence-electron chi connectivity index (χ3n) is 6.47. The Balaban J connectivity index is 1.64. The van der Waals surface area contributed by atoms with Crippen LogP contribution < -0.4 is 4.90 Å². The molecule has 1 unspecified atom stereocenters. The summed E-state index contributed by atoms with van der Waals surface area (Å²) >= 11 is 0.897. The van der Waals surface area contributed by atoms with Gasteiger partial charge in [-0.2, -0.15) is 31.2 Å². The van der Waals surface area contributed by atoms with Crippen LogP contribution in [0.4, 0.5) is 36.8 Å². The van der Waals surface area contributed by atoms with E-state index in [1.807, 2.05) is 0 Å². The molecule has 15 heteroatoms. The van der Waals surface area contributed by atoms with E-state index in [1.165, 1.54) is 35.9 Å². The number of quaternary nitrogens is 1. The van der Waals surface area contributed by atoms with Crippen LogP contribution in [0.5, 0.6) is 0 Å². The number of benzene rings is 2. The Morgan fingerprint density at radius 1 is 0.976 bits per heavy atom. The van der Waals surface area contributed by atoms with E-state index in [-0.39, 0.29) is 22.6 Å². The highest BCUT2D eigenvalue weighted by atomic mass is 32.2.